The lowest BCUT2D eigenvalue weighted by molar-refractivity contribution is -0.0738. The van der Waals surface area contributed by atoms with Crippen LogP contribution in [0.4, 0.5) is 0 Å². The molecule has 0 aliphatic heterocycles. The number of carbonyl (C=O) groups excluding carboxylic acids is 1. The number of Topliss-reactive ketones (excluding diaryl/α,β-unsaturated/α-hetero) is 1. The van der Waals surface area contributed by atoms with Crippen molar-refractivity contribution in [3.05, 3.63) is 179 Å². The second-order valence-electron chi connectivity index (χ2n) is 10.9. The first-order valence-corrected chi connectivity index (χ1v) is 14.0. The maximum absolute atomic E-state index is 14.8. The first-order valence-electron chi connectivity index (χ1n) is 14.0. The Balaban J connectivity index is 1.73. The number of benzene rings is 5. The van der Waals surface area contributed by atoms with Gasteiger partial charge in [0.1, 0.15) is 5.60 Å². The van der Waals surface area contributed by atoms with E-state index in [4.69, 9.17) is 0 Å². The van der Waals surface area contributed by atoms with Gasteiger partial charge in [-0.2, -0.15) is 5.26 Å². The Morgan fingerprint density at radius 3 is 1.59 bits per heavy atom. The van der Waals surface area contributed by atoms with E-state index in [-0.39, 0.29) is 12.2 Å². The summed E-state index contributed by atoms with van der Waals surface area (Å²) in [6.07, 6.45) is 0.204. The van der Waals surface area contributed by atoms with Gasteiger partial charge in [-0.05, 0) is 28.7 Å². The minimum absolute atomic E-state index is 0.173. The van der Waals surface area contributed by atoms with Gasteiger partial charge in [0.2, 0.25) is 0 Å². The molecule has 0 aromatic heterocycles. The first kappa shape index (κ1) is 26.4. The Kier molecular flexibility index (Phi) is 7.10. The number of ketones is 1. The summed E-state index contributed by atoms with van der Waals surface area (Å²) in [7, 11) is 0. The molecule has 200 valence electrons. The van der Waals surface area contributed by atoms with Gasteiger partial charge in [0.05, 0.1) is 17.4 Å². The highest BCUT2D eigenvalue weighted by molar-refractivity contribution is 6.00. The van der Waals surface area contributed by atoms with E-state index in [1.807, 2.05) is 140 Å². The van der Waals surface area contributed by atoms with E-state index >= 15 is 0 Å². The summed E-state index contributed by atoms with van der Waals surface area (Å²) >= 11 is 0. The van der Waals surface area contributed by atoms with Crippen LogP contribution in [0.2, 0.25) is 0 Å². The molecule has 1 aliphatic carbocycles. The molecule has 5 atom stereocenters. The van der Waals surface area contributed by atoms with Crippen molar-refractivity contribution >= 4 is 5.78 Å². The fourth-order valence-corrected chi connectivity index (χ4v) is 7.02. The summed E-state index contributed by atoms with van der Waals surface area (Å²) in [5.41, 5.74) is 1.14. The van der Waals surface area contributed by atoms with Crippen LogP contribution in [-0.4, -0.2) is 10.9 Å². The van der Waals surface area contributed by atoms with Crippen LogP contribution in [0, 0.1) is 17.2 Å². The van der Waals surface area contributed by atoms with Crippen molar-refractivity contribution in [1.82, 2.24) is 0 Å². The molecule has 5 aromatic carbocycles. The Hall–Kier alpha value is -4.78. The monoisotopic (exact) mass is 533 g/mol. The highest BCUT2D eigenvalue weighted by Crippen LogP contribution is 2.63. The van der Waals surface area contributed by atoms with Crippen molar-refractivity contribution in [3.63, 3.8) is 0 Å². The molecule has 0 unspecified atom stereocenters. The smallest absolute Gasteiger partial charge is 0.169 e. The van der Waals surface area contributed by atoms with E-state index < -0.39 is 28.8 Å². The number of hydrogen-bond acceptors (Lipinski definition) is 3. The molecule has 0 radical (unpaired) electrons. The fraction of sp³-hybridized carbons (Fsp3) is 0.158. The van der Waals surface area contributed by atoms with Crippen LogP contribution in [0.1, 0.15) is 50.9 Å². The highest BCUT2D eigenvalue weighted by atomic mass is 16.3. The number of aliphatic hydroxyl groups is 1. The van der Waals surface area contributed by atoms with Crippen molar-refractivity contribution in [2.45, 2.75) is 29.3 Å². The number of nitriles is 1. The highest BCUT2D eigenvalue weighted by Gasteiger charge is 2.64. The Labute approximate surface area is 241 Å². The van der Waals surface area contributed by atoms with Gasteiger partial charge < -0.3 is 5.11 Å². The topological polar surface area (TPSA) is 61.1 Å². The van der Waals surface area contributed by atoms with E-state index in [0.717, 1.165) is 16.7 Å². The lowest BCUT2D eigenvalue weighted by Crippen LogP contribution is -2.58. The predicted molar refractivity (Wildman–Crippen MR) is 161 cm³/mol. The number of nitrogens with zero attached hydrogens (tertiary/aromatic N) is 1. The van der Waals surface area contributed by atoms with Gasteiger partial charge in [0.25, 0.3) is 0 Å². The minimum atomic E-state index is -1.55. The van der Waals surface area contributed by atoms with E-state index in [1.54, 1.807) is 12.1 Å². The first-order chi connectivity index (χ1) is 20.1. The molecule has 3 heteroatoms. The molecule has 6 rings (SSSR count). The summed E-state index contributed by atoms with van der Waals surface area (Å²) in [5.74, 6) is -2.18. The average molecular weight is 534 g/mol. The van der Waals surface area contributed by atoms with Crippen LogP contribution in [-0.2, 0) is 11.0 Å². The third-order valence-electron chi connectivity index (χ3n) is 8.81. The Morgan fingerprint density at radius 1 is 0.634 bits per heavy atom. The van der Waals surface area contributed by atoms with Crippen molar-refractivity contribution in [2.24, 2.45) is 5.92 Å². The van der Waals surface area contributed by atoms with Gasteiger partial charge in [-0.1, -0.05) is 152 Å². The zero-order valence-electron chi connectivity index (χ0n) is 22.7. The molecule has 0 bridgehead atoms. The standard InChI is InChI=1S/C38H31NO2/c39-27-37(31-22-12-4-13-23-31)33(28-16-6-1-7-17-28)26-38(41,32-24-14-5-15-25-32)35(34(37)29-18-8-2-9-19-29)36(40)30-20-10-3-11-21-30/h1-25,33-35,41H,26H2/t33-,34-,35-,37-,38-/m0/s1. The molecular weight excluding hydrogens is 502 g/mol. The molecule has 0 heterocycles. The lowest BCUT2D eigenvalue weighted by atomic mass is 9.46. The molecule has 1 fully saturated rings. The molecule has 1 aliphatic rings. The van der Waals surface area contributed by atoms with E-state index in [2.05, 4.69) is 6.07 Å². The molecule has 1 N–H and O–H groups in total. The summed E-state index contributed by atoms with van der Waals surface area (Å²) < 4.78 is 0. The molecule has 41 heavy (non-hydrogen) atoms. The van der Waals surface area contributed by atoms with Crippen molar-refractivity contribution < 1.29 is 9.90 Å². The molecule has 1 saturated carbocycles. The zero-order valence-corrected chi connectivity index (χ0v) is 22.7. The molecule has 0 saturated heterocycles. The van der Waals surface area contributed by atoms with Crippen molar-refractivity contribution in [2.75, 3.05) is 0 Å². The second-order valence-corrected chi connectivity index (χ2v) is 10.9. The number of carbonyl (C=O) groups is 1. The Morgan fingerprint density at radius 2 is 1.07 bits per heavy atom. The minimum Gasteiger partial charge on any atom is -0.384 e. The quantitative estimate of drug-likeness (QED) is 0.227. The van der Waals surface area contributed by atoms with E-state index in [1.165, 1.54) is 0 Å². The van der Waals surface area contributed by atoms with Gasteiger partial charge in [0, 0.05) is 17.4 Å². The normalized spacial score (nSPS) is 25.6. The van der Waals surface area contributed by atoms with Crippen LogP contribution in [0.15, 0.2) is 152 Å². The molecule has 5 aromatic rings. The second kappa shape index (κ2) is 11.0. The summed E-state index contributed by atoms with van der Waals surface area (Å²) in [5, 5.41) is 24.5. The largest absolute Gasteiger partial charge is 0.384 e. The fourth-order valence-electron chi connectivity index (χ4n) is 7.02. The molecular formula is C38H31NO2. The predicted octanol–water partition coefficient (Wildman–Crippen LogP) is 7.81. The zero-order chi connectivity index (χ0) is 28.3. The van der Waals surface area contributed by atoms with Crippen LogP contribution in [0.3, 0.4) is 0 Å². The SMILES string of the molecule is N#C[C@]1(c2ccccc2)[C@H](c2ccccc2)C[C@](O)(c2ccccc2)[C@H](C(=O)c2ccccc2)[C@@H]1c1ccccc1. The van der Waals surface area contributed by atoms with Crippen LogP contribution in [0.5, 0.6) is 0 Å². The van der Waals surface area contributed by atoms with Crippen molar-refractivity contribution in [3.8, 4) is 6.07 Å². The summed E-state index contributed by atoms with van der Waals surface area (Å²) in [6, 6.07) is 51.1. The molecule has 3 nitrogen and oxygen atoms in total. The lowest BCUT2D eigenvalue weighted by Gasteiger charge is -2.56. The maximum atomic E-state index is 14.8. The maximum Gasteiger partial charge on any atom is 0.169 e. The van der Waals surface area contributed by atoms with E-state index in [9.17, 15) is 15.2 Å². The van der Waals surface area contributed by atoms with Gasteiger partial charge in [-0.15, -0.1) is 0 Å². The molecule has 0 amide bonds. The van der Waals surface area contributed by atoms with E-state index in [0.29, 0.717) is 11.1 Å². The van der Waals surface area contributed by atoms with Gasteiger partial charge in [0.15, 0.2) is 5.78 Å². The van der Waals surface area contributed by atoms with Gasteiger partial charge in [-0.3, -0.25) is 4.79 Å². The summed E-state index contributed by atoms with van der Waals surface area (Å²) in [6.45, 7) is 0. The van der Waals surface area contributed by atoms with Crippen LogP contribution in [0.25, 0.3) is 0 Å². The van der Waals surface area contributed by atoms with Gasteiger partial charge >= 0.3 is 0 Å². The third-order valence-corrected chi connectivity index (χ3v) is 8.81. The average Bonchev–Trinajstić information content (AvgIpc) is 3.06. The number of hydrogen-bond donors (Lipinski definition) is 1. The van der Waals surface area contributed by atoms with Crippen molar-refractivity contribution in [1.29, 1.82) is 5.26 Å². The Bertz CT molecular complexity index is 1650. The summed E-state index contributed by atoms with van der Waals surface area (Å²) in [4.78, 5) is 14.8. The molecule has 0 spiro atoms. The van der Waals surface area contributed by atoms with Gasteiger partial charge in [-0.25, -0.2) is 0 Å². The third kappa shape index (κ3) is 4.47. The van der Waals surface area contributed by atoms with Crippen LogP contribution < -0.4 is 0 Å². The van der Waals surface area contributed by atoms with Crippen LogP contribution >= 0.6 is 0 Å². The number of rotatable bonds is 6.